The van der Waals surface area contributed by atoms with Gasteiger partial charge in [0.25, 0.3) is 0 Å². The third kappa shape index (κ3) is 3.50. The van der Waals surface area contributed by atoms with Crippen LogP contribution in [0, 0.1) is 6.92 Å². The van der Waals surface area contributed by atoms with E-state index in [9.17, 15) is 9.59 Å². The fourth-order valence-electron chi connectivity index (χ4n) is 2.35. The summed E-state index contributed by atoms with van der Waals surface area (Å²) >= 11 is 1.86. The minimum atomic E-state index is -0.986. The van der Waals surface area contributed by atoms with Crippen molar-refractivity contribution in [2.75, 3.05) is 17.6 Å². The van der Waals surface area contributed by atoms with Gasteiger partial charge in [-0.2, -0.15) is 11.8 Å². The molecule has 0 radical (unpaired) electrons. The molecule has 2 rings (SSSR count). The first-order chi connectivity index (χ1) is 9.90. The Hall–Kier alpha value is -1.69. The summed E-state index contributed by atoms with van der Waals surface area (Å²) in [6, 6.07) is 4.93. The molecule has 1 heterocycles. The van der Waals surface area contributed by atoms with Gasteiger partial charge in [-0.1, -0.05) is 13.0 Å². The number of nitrogens with one attached hydrogen (secondary N) is 1. The van der Waals surface area contributed by atoms with Gasteiger partial charge in [-0.15, -0.1) is 0 Å². The van der Waals surface area contributed by atoms with E-state index in [1.165, 1.54) is 6.07 Å². The van der Waals surface area contributed by atoms with Crippen LogP contribution >= 0.6 is 11.8 Å². The number of thioether (sulfide) groups is 1. The molecule has 0 spiro atoms. The number of aromatic carboxylic acids is 1. The van der Waals surface area contributed by atoms with Gasteiger partial charge in [0.2, 0.25) is 0 Å². The highest BCUT2D eigenvalue weighted by Gasteiger charge is 2.28. The molecule has 21 heavy (non-hydrogen) atoms. The van der Waals surface area contributed by atoms with Gasteiger partial charge in [-0.05, 0) is 31.5 Å². The number of carbonyl (C=O) groups excluding carboxylic acids is 1. The van der Waals surface area contributed by atoms with E-state index in [4.69, 9.17) is 5.11 Å². The predicted molar refractivity (Wildman–Crippen MR) is 85.2 cm³/mol. The van der Waals surface area contributed by atoms with Crippen LogP contribution < -0.4 is 5.32 Å². The van der Waals surface area contributed by atoms with Gasteiger partial charge in [-0.25, -0.2) is 9.59 Å². The van der Waals surface area contributed by atoms with Gasteiger partial charge in [-0.3, -0.25) is 0 Å². The Balaban J connectivity index is 2.12. The summed E-state index contributed by atoms with van der Waals surface area (Å²) in [5.41, 5.74) is 1.40. The number of aryl methyl sites for hydroxylation is 1. The number of amides is 2. The molecule has 0 bridgehead atoms. The molecule has 2 amide bonds. The summed E-state index contributed by atoms with van der Waals surface area (Å²) in [4.78, 5) is 25.3. The van der Waals surface area contributed by atoms with E-state index in [0.717, 1.165) is 5.75 Å². The molecular weight excluding hydrogens is 288 g/mol. The highest BCUT2D eigenvalue weighted by Crippen LogP contribution is 2.25. The lowest BCUT2D eigenvalue weighted by Gasteiger charge is -2.37. The molecule has 1 saturated heterocycles. The van der Waals surface area contributed by atoms with Crippen molar-refractivity contribution >= 4 is 29.4 Å². The Morgan fingerprint density at radius 3 is 2.76 bits per heavy atom. The second kappa shape index (κ2) is 6.39. The number of anilines is 1. The second-order valence-corrected chi connectivity index (χ2v) is 6.76. The molecule has 0 saturated carbocycles. The van der Waals surface area contributed by atoms with Crippen LogP contribution in [0.2, 0.25) is 0 Å². The number of nitrogens with zero attached hydrogens (tertiary/aromatic N) is 1. The standard InChI is InChI=1S/C15H20N2O3S/c1-9-4-5-12(8-13(9)14(18)19)16-15(20)17-6-7-21-11(3)10(17)2/h4-5,8,10-11H,6-7H2,1-3H3,(H,16,20)(H,18,19). The number of benzene rings is 1. The Morgan fingerprint density at radius 1 is 1.38 bits per heavy atom. The molecule has 114 valence electrons. The van der Waals surface area contributed by atoms with Crippen molar-refractivity contribution in [3.05, 3.63) is 29.3 Å². The van der Waals surface area contributed by atoms with Gasteiger partial charge >= 0.3 is 12.0 Å². The Bertz CT molecular complexity index is 562. The van der Waals surface area contributed by atoms with E-state index >= 15 is 0 Å². The lowest BCUT2D eigenvalue weighted by atomic mass is 10.1. The van der Waals surface area contributed by atoms with E-state index in [2.05, 4.69) is 12.2 Å². The molecular formula is C15H20N2O3S. The number of carboxylic acids is 1. The summed E-state index contributed by atoms with van der Waals surface area (Å²) in [5, 5.41) is 12.3. The maximum absolute atomic E-state index is 12.3. The number of hydrogen-bond acceptors (Lipinski definition) is 3. The van der Waals surface area contributed by atoms with E-state index in [0.29, 0.717) is 23.0 Å². The number of hydrogen-bond donors (Lipinski definition) is 2. The summed E-state index contributed by atoms with van der Waals surface area (Å²) in [5.74, 6) is -0.0623. The van der Waals surface area contributed by atoms with Crippen molar-refractivity contribution in [1.82, 2.24) is 4.90 Å². The van der Waals surface area contributed by atoms with Crippen LogP contribution in [-0.4, -0.2) is 45.6 Å². The Labute approximate surface area is 128 Å². The first kappa shape index (κ1) is 15.7. The van der Waals surface area contributed by atoms with Crippen LogP contribution in [0.3, 0.4) is 0 Å². The number of carbonyl (C=O) groups is 2. The second-order valence-electron chi connectivity index (χ2n) is 5.27. The molecule has 2 unspecified atom stereocenters. The van der Waals surface area contributed by atoms with E-state index in [1.807, 2.05) is 23.6 Å². The summed E-state index contributed by atoms with van der Waals surface area (Å²) in [7, 11) is 0. The SMILES string of the molecule is Cc1ccc(NC(=O)N2CCSC(C)C2C)cc1C(=O)O. The normalized spacial score (nSPS) is 22.0. The average Bonchev–Trinajstić information content (AvgIpc) is 2.43. The molecule has 0 aliphatic carbocycles. The maximum Gasteiger partial charge on any atom is 0.336 e. The van der Waals surface area contributed by atoms with Crippen molar-refractivity contribution in [2.24, 2.45) is 0 Å². The largest absolute Gasteiger partial charge is 0.478 e. The van der Waals surface area contributed by atoms with E-state index in [-0.39, 0.29) is 17.6 Å². The Kier molecular flexibility index (Phi) is 4.77. The molecule has 2 N–H and O–H groups in total. The molecule has 1 aliphatic rings. The molecule has 1 fully saturated rings. The van der Waals surface area contributed by atoms with Crippen LogP contribution in [0.25, 0.3) is 0 Å². The van der Waals surface area contributed by atoms with Crippen LogP contribution in [0.5, 0.6) is 0 Å². The summed E-state index contributed by atoms with van der Waals surface area (Å²) < 4.78 is 0. The molecule has 1 aromatic carbocycles. The van der Waals surface area contributed by atoms with Crippen molar-refractivity contribution in [3.8, 4) is 0 Å². The van der Waals surface area contributed by atoms with Gasteiger partial charge in [0, 0.05) is 29.3 Å². The first-order valence-electron chi connectivity index (χ1n) is 6.93. The minimum Gasteiger partial charge on any atom is -0.478 e. The summed E-state index contributed by atoms with van der Waals surface area (Å²) in [6.07, 6.45) is 0. The van der Waals surface area contributed by atoms with Crippen molar-refractivity contribution in [2.45, 2.75) is 32.1 Å². The van der Waals surface area contributed by atoms with Crippen molar-refractivity contribution in [1.29, 1.82) is 0 Å². The molecule has 1 aliphatic heterocycles. The van der Waals surface area contributed by atoms with E-state index < -0.39 is 5.97 Å². The van der Waals surface area contributed by atoms with Gasteiger partial charge in [0.05, 0.1) is 5.56 Å². The van der Waals surface area contributed by atoms with Gasteiger partial charge in [0.15, 0.2) is 0 Å². The number of rotatable bonds is 2. The third-order valence-electron chi connectivity index (χ3n) is 3.86. The lowest BCUT2D eigenvalue weighted by Crippen LogP contribution is -2.49. The number of urea groups is 1. The zero-order valence-electron chi connectivity index (χ0n) is 12.4. The predicted octanol–water partition coefficient (Wildman–Crippen LogP) is 3.05. The zero-order chi connectivity index (χ0) is 15.6. The monoisotopic (exact) mass is 308 g/mol. The smallest absolute Gasteiger partial charge is 0.336 e. The van der Waals surface area contributed by atoms with Crippen LogP contribution in [0.1, 0.15) is 29.8 Å². The van der Waals surface area contributed by atoms with Crippen molar-refractivity contribution < 1.29 is 14.7 Å². The topological polar surface area (TPSA) is 69.6 Å². The molecule has 6 heteroatoms. The molecule has 0 aromatic heterocycles. The van der Waals surface area contributed by atoms with E-state index in [1.54, 1.807) is 19.1 Å². The fraction of sp³-hybridized carbons (Fsp3) is 0.467. The quantitative estimate of drug-likeness (QED) is 0.881. The van der Waals surface area contributed by atoms with Crippen LogP contribution in [0.4, 0.5) is 10.5 Å². The Morgan fingerprint density at radius 2 is 2.10 bits per heavy atom. The summed E-state index contributed by atoms with van der Waals surface area (Å²) in [6.45, 7) is 6.59. The van der Waals surface area contributed by atoms with Crippen LogP contribution in [0.15, 0.2) is 18.2 Å². The first-order valence-corrected chi connectivity index (χ1v) is 7.98. The minimum absolute atomic E-state index is 0.160. The number of carboxylic acid groups (broad SMARTS) is 1. The fourth-order valence-corrected chi connectivity index (χ4v) is 3.44. The van der Waals surface area contributed by atoms with Crippen molar-refractivity contribution in [3.63, 3.8) is 0 Å². The van der Waals surface area contributed by atoms with Gasteiger partial charge in [0.1, 0.15) is 0 Å². The highest BCUT2D eigenvalue weighted by molar-refractivity contribution is 8.00. The average molecular weight is 308 g/mol. The third-order valence-corrected chi connectivity index (χ3v) is 5.20. The molecule has 5 nitrogen and oxygen atoms in total. The lowest BCUT2D eigenvalue weighted by molar-refractivity contribution is 0.0696. The molecule has 2 atom stereocenters. The molecule has 1 aromatic rings. The van der Waals surface area contributed by atoms with Gasteiger partial charge < -0.3 is 15.3 Å². The zero-order valence-corrected chi connectivity index (χ0v) is 13.2. The highest BCUT2D eigenvalue weighted by atomic mass is 32.2. The maximum atomic E-state index is 12.3. The van der Waals surface area contributed by atoms with Crippen LogP contribution in [-0.2, 0) is 0 Å².